The van der Waals surface area contributed by atoms with Crippen molar-refractivity contribution < 1.29 is 22.4 Å². The Balaban J connectivity index is 1.75. The molecule has 0 saturated carbocycles. The summed E-state index contributed by atoms with van der Waals surface area (Å²) in [4.78, 5) is 23.3. The number of benzene rings is 1. The second kappa shape index (κ2) is 6.95. The average Bonchev–Trinajstić information content (AvgIpc) is 2.80. The molecule has 1 aliphatic rings. The number of rotatable bonds is 4. The van der Waals surface area contributed by atoms with Crippen LogP contribution >= 0.6 is 0 Å². The number of anilines is 1. The molecule has 1 heterocycles. The highest BCUT2D eigenvalue weighted by Gasteiger charge is 2.28. The molecule has 0 radical (unpaired) electrons. The molecule has 9 heteroatoms. The normalized spacial score (nSPS) is 19.1. The van der Waals surface area contributed by atoms with Gasteiger partial charge in [0.2, 0.25) is 5.91 Å². The maximum absolute atomic E-state index is 13.3. The monoisotopic (exact) mass is 343 g/mol. The predicted molar refractivity (Wildman–Crippen MR) is 83.4 cm³/mol. The fourth-order valence-electron chi connectivity index (χ4n) is 2.19. The number of hydrogen-bond donors (Lipinski definition) is 3. The second-order valence-electron chi connectivity index (χ2n) is 5.44. The van der Waals surface area contributed by atoms with Crippen LogP contribution in [0.2, 0.25) is 0 Å². The molecule has 0 bridgehead atoms. The summed E-state index contributed by atoms with van der Waals surface area (Å²) in [5.74, 6) is -0.932. The molecule has 3 N–H and O–H groups in total. The zero-order valence-electron chi connectivity index (χ0n) is 12.6. The molecule has 7 nitrogen and oxygen atoms in total. The van der Waals surface area contributed by atoms with Gasteiger partial charge in [0.25, 0.3) is 0 Å². The van der Waals surface area contributed by atoms with Crippen molar-refractivity contribution in [2.24, 2.45) is 0 Å². The Morgan fingerprint density at radius 1 is 1.35 bits per heavy atom. The van der Waals surface area contributed by atoms with Crippen LogP contribution in [0.4, 0.5) is 14.9 Å². The first kappa shape index (κ1) is 17.2. The third-order valence-electron chi connectivity index (χ3n) is 3.44. The van der Waals surface area contributed by atoms with Crippen molar-refractivity contribution >= 4 is 27.5 Å². The summed E-state index contributed by atoms with van der Waals surface area (Å²) < 4.78 is 35.9. The first-order valence-corrected chi connectivity index (χ1v) is 8.88. The van der Waals surface area contributed by atoms with Crippen LogP contribution in [0, 0.1) is 12.7 Å². The van der Waals surface area contributed by atoms with Crippen LogP contribution in [-0.2, 0) is 14.6 Å². The predicted octanol–water partition coefficient (Wildman–Crippen LogP) is 0.559. The van der Waals surface area contributed by atoms with E-state index in [1.165, 1.54) is 12.1 Å². The fourth-order valence-corrected chi connectivity index (χ4v) is 3.87. The lowest BCUT2D eigenvalue weighted by molar-refractivity contribution is -0.120. The summed E-state index contributed by atoms with van der Waals surface area (Å²) in [5.41, 5.74) is 0.731. The van der Waals surface area contributed by atoms with Crippen molar-refractivity contribution in [1.29, 1.82) is 0 Å². The van der Waals surface area contributed by atoms with Gasteiger partial charge >= 0.3 is 6.03 Å². The molecule has 1 aromatic carbocycles. The summed E-state index contributed by atoms with van der Waals surface area (Å²) in [6.07, 6.45) is 0.378. The van der Waals surface area contributed by atoms with E-state index >= 15 is 0 Å². The molecule has 1 fully saturated rings. The Labute approximate surface area is 133 Å². The number of hydrogen-bond acceptors (Lipinski definition) is 4. The van der Waals surface area contributed by atoms with E-state index in [4.69, 9.17) is 0 Å². The number of amides is 3. The van der Waals surface area contributed by atoms with Crippen molar-refractivity contribution in [2.45, 2.75) is 19.4 Å². The van der Waals surface area contributed by atoms with E-state index in [0.29, 0.717) is 12.0 Å². The minimum atomic E-state index is -3.07. The molecule has 1 aliphatic heterocycles. The van der Waals surface area contributed by atoms with E-state index in [2.05, 4.69) is 16.0 Å². The van der Waals surface area contributed by atoms with Crippen LogP contribution in [0.3, 0.4) is 0 Å². The van der Waals surface area contributed by atoms with Crippen LogP contribution in [0.15, 0.2) is 18.2 Å². The van der Waals surface area contributed by atoms with Crippen LogP contribution in [0.5, 0.6) is 0 Å². The van der Waals surface area contributed by atoms with Crippen molar-refractivity contribution in [3.63, 3.8) is 0 Å². The number of carbonyl (C=O) groups excluding carboxylic acids is 2. The number of carbonyl (C=O) groups is 2. The molecule has 2 rings (SSSR count). The van der Waals surface area contributed by atoms with Crippen molar-refractivity contribution in [3.8, 4) is 0 Å². The lowest BCUT2D eigenvalue weighted by Gasteiger charge is -2.12. The first-order valence-electron chi connectivity index (χ1n) is 7.06. The molecule has 23 heavy (non-hydrogen) atoms. The molecule has 0 aliphatic carbocycles. The van der Waals surface area contributed by atoms with Crippen LogP contribution in [-0.4, -0.2) is 44.4 Å². The highest BCUT2D eigenvalue weighted by Crippen LogP contribution is 2.13. The van der Waals surface area contributed by atoms with E-state index in [9.17, 15) is 22.4 Å². The zero-order chi connectivity index (χ0) is 17.0. The second-order valence-corrected chi connectivity index (χ2v) is 7.67. The summed E-state index contributed by atoms with van der Waals surface area (Å²) in [5, 5.41) is 7.28. The van der Waals surface area contributed by atoms with Gasteiger partial charge < -0.3 is 16.0 Å². The third kappa shape index (κ3) is 5.20. The third-order valence-corrected chi connectivity index (χ3v) is 5.20. The molecule has 1 aromatic rings. The summed E-state index contributed by atoms with van der Waals surface area (Å²) >= 11 is 0. The fraction of sp³-hybridized carbons (Fsp3) is 0.429. The summed E-state index contributed by atoms with van der Waals surface area (Å²) in [6, 6.07) is 3.18. The van der Waals surface area contributed by atoms with Gasteiger partial charge in [-0.2, -0.15) is 0 Å². The Bertz CT molecular complexity index is 721. The summed E-state index contributed by atoms with van der Waals surface area (Å²) in [6.45, 7) is 1.31. The van der Waals surface area contributed by atoms with Gasteiger partial charge in [-0.1, -0.05) is 6.07 Å². The SMILES string of the molecule is Cc1ccc(NC(=O)NCC(=O)N[C@@H]2CCS(=O)(=O)C2)cc1F. The van der Waals surface area contributed by atoms with Crippen molar-refractivity contribution in [2.75, 3.05) is 23.4 Å². The highest BCUT2D eigenvalue weighted by atomic mass is 32.2. The highest BCUT2D eigenvalue weighted by molar-refractivity contribution is 7.91. The Kier molecular flexibility index (Phi) is 5.19. The van der Waals surface area contributed by atoms with Crippen molar-refractivity contribution in [1.82, 2.24) is 10.6 Å². The lowest BCUT2D eigenvalue weighted by Crippen LogP contribution is -2.43. The number of urea groups is 1. The molecule has 3 amide bonds. The quantitative estimate of drug-likeness (QED) is 0.743. The minimum Gasteiger partial charge on any atom is -0.351 e. The zero-order valence-corrected chi connectivity index (χ0v) is 13.4. The van der Waals surface area contributed by atoms with Gasteiger partial charge in [-0.25, -0.2) is 17.6 Å². The number of aryl methyl sites for hydroxylation is 1. The maximum atomic E-state index is 13.3. The van der Waals surface area contributed by atoms with Gasteiger partial charge in [-0.15, -0.1) is 0 Å². The van der Waals surface area contributed by atoms with Crippen LogP contribution in [0.25, 0.3) is 0 Å². The van der Waals surface area contributed by atoms with Gasteiger partial charge in [0.1, 0.15) is 5.82 Å². The smallest absolute Gasteiger partial charge is 0.319 e. The van der Waals surface area contributed by atoms with Gasteiger partial charge in [0.05, 0.1) is 18.1 Å². The van der Waals surface area contributed by atoms with Gasteiger partial charge in [0, 0.05) is 11.7 Å². The van der Waals surface area contributed by atoms with Gasteiger partial charge in [-0.3, -0.25) is 4.79 Å². The topological polar surface area (TPSA) is 104 Å². The number of sulfone groups is 1. The van der Waals surface area contributed by atoms with Crippen molar-refractivity contribution in [3.05, 3.63) is 29.6 Å². The summed E-state index contributed by atoms with van der Waals surface area (Å²) in [7, 11) is -3.07. The number of halogens is 1. The minimum absolute atomic E-state index is 0.0604. The molecule has 0 spiro atoms. The van der Waals surface area contributed by atoms with Gasteiger partial charge in [0.15, 0.2) is 9.84 Å². The molecule has 1 saturated heterocycles. The Morgan fingerprint density at radius 3 is 2.70 bits per heavy atom. The molecule has 126 valence electrons. The standard InChI is InChI=1S/C14H18FN3O4S/c1-9-2-3-10(6-12(9)15)18-14(20)16-7-13(19)17-11-4-5-23(21,22)8-11/h2-3,6,11H,4-5,7-8H2,1H3,(H,17,19)(H2,16,18,20)/t11-/m1/s1. The number of nitrogens with one attached hydrogen (secondary N) is 3. The Morgan fingerprint density at radius 2 is 2.09 bits per heavy atom. The lowest BCUT2D eigenvalue weighted by atomic mass is 10.2. The largest absolute Gasteiger partial charge is 0.351 e. The average molecular weight is 343 g/mol. The Hall–Kier alpha value is -2.16. The molecule has 0 unspecified atom stereocenters. The molecule has 1 atom stereocenters. The molecule has 0 aromatic heterocycles. The van der Waals surface area contributed by atoms with Crippen LogP contribution < -0.4 is 16.0 Å². The van der Waals surface area contributed by atoms with Gasteiger partial charge in [-0.05, 0) is 31.0 Å². The van der Waals surface area contributed by atoms with Crippen LogP contribution in [0.1, 0.15) is 12.0 Å². The van der Waals surface area contributed by atoms with E-state index in [1.54, 1.807) is 13.0 Å². The maximum Gasteiger partial charge on any atom is 0.319 e. The van der Waals surface area contributed by atoms with E-state index in [1.807, 2.05) is 0 Å². The first-order chi connectivity index (χ1) is 10.7. The molecular formula is C14H18FN3O4S. The molecular weight excluding hydrogens is 325 g/mol. The van der Waals surface area contributed by atoms with E-state index in [-0.39, 0.29) is 23.7 Å². The van der Waals surface area contributed by atoms with E-state index in [0.717, 1.165) is 0 Å². The van der Waals surface area contributed by atoms with E-state index < -0.39 is 33.6 Å².